The lowest BCUT2D eigenvalue weighted by atomic mass is 10.3. The van der Waals surface area contributed by atoms with E-state index in [4.69, 9.17) is 23.2 Å². The normalized spacial score (nSPS) is 10.4. The minimum Gasteiger partial charge on any atom is -0.358 e. The summed E-state index contributed by atoms with van der Waals surface area (Å²) in [5, 5.41) is 13.6. The molecule has 110 valence electrons. The molecule has 0 aromatic carbocycles. The number of hydrogen-bond acceptors (Lipinski definition) is 5. The highest BCUT2D eigenvalue weighted by molar-refractivity contribution is 6.36. The highest BCUT2D eigenvalue weighted by Crippen LogP contribution is 2.25. The van der Waals surface area contributed by atoms with E-state index in [2.05, 4.69) is 15.3 Å². The Kier molecular flexibility index (Phi) is 4.39. The van der Waals surface area contributed by atoms with Crippen LogP contribution >= 0.6 is 23.2 Å². The summed E-state index contributed by atoms with van der Waals surface area (Å²) in [6.07, 6.45) is 2.35. The Labute approximate surface area is 128 Å². The second-order valence-electron chi connectivity index (χ2n) is 4.10. The number of aromatic nitrogens is 3. The lowest BCUT2D eigenvalue weighted by Crippen LogP contribution is -2.19. The molecule has 2 aromatic rings. The van der Waals surface area contributed by atoms with E-state index >= 15 is 0 Å². The molecule has 2 rings (SSSR count). The third-order valence-corrected chi connectivity index (χ3v) is 3.17. The molecule has 0 radical (unpaired) electrons. The van der Waals surface area contributed by atoms with Crippen molar-refractivity contribution in [1.82, 2.24) is 14.5 Å². The van der Waals surface area contributed by atoms with Gasteiger partial charge in [-0.1, -0.05) is 23.2 Å². The number of nitrogens with one attached hydrogen (secondary N) is 1. The van der Waals surface area contributed by atoms with Crippen molar-refractivity contribution in [1.29, 1.82) is 0 Å². The standard InChI is InChI=1S/C11H9Cl2N5O3/c1-6-7(12)2-8(13)11(15-6)16-10(19)4-17-3-9(14-5-17)18(20)21/h2-3,5H,4H2,1H3,(H,15,16,19). The summed E-state index contributed by atoms with van der Waals surface area (Å²) in [6, 6.07) is 1.48. The summed E-state index contributed by atoms with van der Waals surface area (Å²) < 4.78 is 1.28. The minimum atomic E-state index is -0.643. The Morgan fingerprint density at radius 3 is 2.81 bits per heavy atom. The lowest BCUT2D eigenvalue weighted by molar-refractivity contribution is -0.389. The van der Waals surface area contributed by atoms with Crippen molar-refractivity contribution >= 4 is 40.7 Å². The van der Waals surface area contributed by atoms with Crippen LogP contribution in [0, 0.1) is 17.0 Å². The van der Waals surface area contributed by atoms with Gasteiger partial charge in [0.05, 0.1) is 15.7 Å². The van der Waals surface area contributed by atoms with Gasteiger partial charge in [-0.2, -0.15) is 0 Å². The number of carbonyl (C=O) groups is 1. The quantitative estimate of drug-likeness (QED) is 0.685. The van der Waals surface area contributed by atoms with Gasteiger partial charge in [-0.15, -0.1) is 0 Å². The van der Waals surface area contributed by atoms with E-state index in [1.165, 1.54) is 17.0 Å². The van der Waals surface area contributed by atoms with Crippen LogP contribution in [0.5, 0.6) is 0 Å². The zero-order valence-electron chi connectivity index (χ0n) is 10.7. The topological polar surface area (TPSA) is 103 Å². The number of imidazole rings is 1. The van der Waals surface area contributed by atoms with Crippen LogP contribution in [0.2, 0.25) is 10.0 Å². The van der Waals surface area contributed by atoms with Crippen molar-refractivity contribution in [2.75, 3.05) is 5.32 Å². The lowest BCUT2D eigenvalue weighted by Gasteiger charge is -2.08. The highest BCUT2D eigenvalue weighted by Gasteiger charge is 2.14. The number of nitrogens with zero attached hydrogens (tertiary/aromatic N) is 4. The molecule has 1 amide bonds. The fourth-order valence-electron chi connectivity index (χ4n) is 1.51. The first-order valence-electron chi connectivity index (χ1n) is 5.65. The smallest absolute Gasteiger partial charge is 0.358 e. The molecule has 0 aliphatic rings. The summed E-state index contributed by atoms with van der Waals surface area (Å²) in [7, 11) is 0. The Morgan fingerprint density at radius 1 is 1.48 bits per heavy atom. The maximum Gasteiger partial charge on any atom is 0.381 e. The van der Waals surface area contributed by atoms with Crippen LogP contribution < -0.4 is 5.32 Å². The summed E-state index contributed by atoms with van der Waals surface area (Å²) in [5.41, 5.74) is 0.523. The van der Waals surface area contributed by atoms with Crippen LogP contribution in [-0.4, -0.2) is 25.4 Å². The number of carbonyl (C=O) groups excluding carboxylic acids is 1. The molecule has 2 aromatic heterocycles. The van der Waals surface area contributed by atoms with E-state index < -0.39 is 10.8 Å². The fraction of sp³-hybridized carbons (Fsp3) is 0.182. The Morgan fingerprint density at radius 2 is 2.19 bits per heavy atom. The average Bonchev–Trinajstić information content (AvgIpc) is 2.84. The second-order valence-corrected chi connectivity index (χ2v) is 4.91. The molecule has 2 heterocycles. The van der Waals surface area contributed by atoms with Gasteiger partial charge in [-0.25, -0.2) is 4.98 Å². The van der Waals surface area contributed by atoms with E-state index in [9.17, 15) is 14.9 Å². The molecule has 10 heteroatoms. The van der Waals surface area contributed by atoms with E-state index in [1.54, 1.807) is 6.92 Å². The van der Waals surface area contributed by atoms with Crippen molar-refractivity contribution in [3.63, 3.8) is 0 Å². The first kappa shape index (κ1) is 15.2. The van der Waals surface area contributed by atoms with Gasteiger partial charge >= 0.3 is 5.82 Å². The Balaban J connectivity index is 2.08. The largest absolute Gasteiger partial charge is 0.381 e. The molecule has 0 bridgehead atoms. The number of hydrogen-bond donors (Lipinski definition) is 1. The maximum absolute atomic E-state index is 11.8. The molecule has 21 heavy (non-hydrogen) atoms. The van der Waals surface area contributed by atoms with Crippen molar-refractivity contribution < 1.29 is 9.72 Å². The molecule has 0 aliphatic carbocycles. The maximum atomic E-state index is 11.8. The summed E-state index contributed by atoms with van der Waals surface area (Å²) in [6.45, 7) is 1.52. The Hall–Kier alpha value is -2.19. The first-order valence-corrected chi connectivity index (χ1v) is 6.41. The van der Waals surface area contributed by atoms with Gasteiger partial charge in [0, 0.05) is 0 Å². The van der Waals surface area contributed by atoms with E-state index in [-0.39, 0.29) is 23.2 Å². The average molecular weight is 330 g/mol. The van der Waals surface area contributed by atoms with Gasteiger partial charge in [0.25, 0.3) is 0 Å². The number of amides is 1. The van der Waals surface area contributed by atoms with Crippen LogP contribution in [-0.2, 0) is 11.3 Å². The van der Waals surface area contributed by atoms with Crippen molar-refractivity contribution in [3.05, 3.63) is 44.4 Å². The number of halogens is 2. The predicted molar refractivity (Wildman–Crippen MR) is 76.5 cm³/mol. The summed E-state index contributed by atoms with van der Waals surface area (Å²) in [5.74, 6) is -0.599. The molecular weight excluding hydrogens is 321 g/mol. The third-order valence-electron chi connectivity index (χ3n) is 2.50. The van der Waals surface area contributed by atoms with Gasteiger partial charge < -0.3 is 20.0 Å². The highest BCUT2D eigenvalue weighted by atomic mass is 35.5. The molecule has 0 saturated carbocycles. The zero-order valence-corrected chi connectivity index (χ0v) is 12.2. The second kappa shape index (κ2) is 6.06. The van der Waals surface area contributed by atoms with E-state index in [1.807, 2.05) is 0 Å². The van der Waals surface area contributed by atoms with Crippen molar-refractivity contribution in [2.24, 2.45) is 0 Å². The fourth-order valence-corrected chi connectivity index (χ4v) is 1.92. The number of rotatable bonds is 4. The molecular formula is C11H9Cl2N5O3. The molecule has 8 nitrogen and oxygen atoms in total. The number of pyridine rings is 1. The zero-order chi connectivity index (χ0) is 15.6. The minimum absolute atomic E-state index is 0.152. The molecule has 0 atom stereocenters. The first-order chi connectivity index (χ1) is 9.86. The van der Waals surface area contributed by atoms with Crippen LogP contribution in [0.15, 0.2) is 18.6 Å². The van der Waals surface area contributed by atoms with Gasteiger partial charge in [-0.3, -0.25) is 4.79 Å². The number of anilines is 1. The third kappa shape index (κ3) is 3.67. The van der Waals surface area contributed by atoms with Crippen LogP contribution in [0.25, 0.3) is 0 Å². The SMILES string of the molecule is Cc1nc(NC(=O)Cn2cnc([N+](=O)[O-])c2)c(Cl)cc1Cl. The molecule has 0 unspecified atom stereocenters. The summed E-state index contributed by atoms with van der Waals surface area (Å²) >= 11 is 11.8. The van der Waals surface area contributed by atoms with Crippen LogP contribution in [0.1, 0.15) is 5.69 Å². The van der Waals surface area contributed by atoms with Gasteiger partial charge in [0.15, 0.2) is 5.82 Å². The molecule has 1 N–H and O–H groups in total. The van der Waals surface area contributed by atoms with Gasteiger partial charge in [0.1, 0.15) is 12.7 Å². The molecule has 0 spiro atoms. The summed E-state index contributed by atoms with van der Waals surface area (Å²) in [4.78, 5) is 29.3. The monoisotopic (exact) mass is 329 g/mol. The van der Waals surface area contributed by atoms with Gasteiger partial charge in [0.2, 0.25) is 12.2 Å². The predicted octanol–water partition coefficient (Wildman–Crippen LogP) is 2.44. The molecule has 0 fully saturated rings. The number of nitro groups is 1. The van der Waals surface area contributed by atoms with Crippen LogP contribution in [0.4, 0.5) is 11.6 Å². The van der Waals surface area contributed by atoms with E-state index in [0.29, 0.717) is 10.7 Å². The Bertz CT molecular complexity index is 716. The van der Waals surface area contributed by atoms with Gasteiger partial charge in [-0.05, 0) is 22.9 Å². The molecule has 0 aliphatic heterocycles. The van der Waals surface area contributed by atoms with E-state index in [0.717, 1.165) is 6.20 Å². The van der Waals surface area contributed by atoms with Crippen LogP contribution in [0.3, 0.4) is 0 Å². The van der Waals surface area contributed by atoms with Crippen molar-refractivity contribution in [2.45, 2.75) is 13.5 Å². The van der Waals surface area contributed by atoms with Crippen molar-refractivity contribution in [3.8, 4) is 0 Å². The molecule has 0 saturated heterocycles. The number of aryl methyl sites for hydroxylation is 1.